The van der Waals surface area contributed by atoms with Crippen molar-refractivity contribution < 1.29 is 14.3 Å². The Labute approximate surface area is 184 Å². The van der Waals surface area contributed by atoms with Crippen molar-refractivity contribution >= 4 is 35.3 Å². The summed E-state index contributed by atoms with van der Waals surface area (Å²) < 4.78 is 11.6. The fourth-order valence-corrected chi connectivity index (χ4v) is 2.94. The summed E-state index contributed by atoms with van der Waals surface area (Å²) in [5, 5.41) is 4.73. The Bertz CT molecular complexity index is 1060. The lowest BCUT2D eigenvalue weighted by molar-refractivity contribution is 0.0955. The molecule has 8 heteroatoms. The maximum Gasteiger partial charge on any atom is 0.274 e. The molecular weight excluding hydrogens is 425 g/mol. The Morgan fingerprint density at radius 3 is 2.70 bits per heavy atom. The van der Waals surface area contributed by atoms with Crippen LogP contribution in [0.25, 0.3) is 0 Å². The molecular formula is C22H19Cl2N3O3. The first-order valence-corrected chi connectivity index (χ1v) is 9.91. The number of nitrogens with zero attached hydrogens (tertiary/aromatic N) is 2. The van der Waals surface area contributed by atoms with E-state index in [9.17, 15) is 4.79 Å². The molecule has 1 amide bonds. The second-order valence-electron chi connectivity index (χ2n) is 6.06. The highest BCUT2D eigenvalue weighted by Gasteiger charge is 2.10. The van der Waals surface area contributed by atoms with Gasteiger partial charge >= 0.3 is 0 Å². The molecule has 0 spiro atoms. The van der Waals surface area contributed by atoms with Gasteiger partial charge < -0.3 is 9.47 Å². The Kier molecular flexibility index (Phi) is 7.65. The van der Waals surface area contributed by atoms with Gasteiger partial charge in [0.1, 0.15) is 11.8 Å². The van der Waals surface area contributed by atoms with Crippen LogP contribution in [-0.4, -0.2) is 23.7 Å². The summed E-state index contributed by atoms with van der Waals surface area (Å²) in [6.45, 7) is 2.67. The van der Waals surface area contributed by atoms with Crippen LogP contribution in [0.4, 0.5) is 0 Å². The van der Waals surface area contributed by atoms with Gasteiger partial charge in [-0.25, -0.2) is 10.4 Å². The maximum atomic E-state index is 12.1. The van der Waals surface area contributed by atoms with Gasteiger partial charge in [0, 0.05) is 16.8 Å². The molecule has 0 aliphatic carbocycles. The van der Waals surface area contributed by atoms with E-state index in [1.54, 1.807) is 30.3 Å². The zero-order valence-corrected chi connectivity index (χ0v) is 17.7. The van der Waals surface area contributed by atoms with Gasteiger partial charge in [-0.05, 0) is 48.9 Å². The minimum atomic E-state index is -0.450. The number of hydrogen-bond donors (Lipinski definition) is 1. The quantitative estimate of drug-likeness (QED) is 0.297. The zero-order valence-electron chi connectivity index (χ0n) is 16.1. The molecule has 2 aromatic carbocycles. The van der Waals surface area contributed by atoms with Crippen LogP contribution in [0.15, 0.2) is 65.9 Å². The standard InChI is InChI=1S/C22H19Cl2N3O3/c1-2-29-20-12-15(13-26-27-22(28)17-7-5-11-25-21(17)24)9-10-19(20)30-14-16-6-3-4-8-18(16)23/h3-13H,2,14H2,1H3,(H,27,28)/b26-13+. The number of pyridine rings is 1. The van der Waals surface area contributed by atoms with Gasteiger partial charge in [-0.2, -0.15) is 5.10 Å². The Balaban J connectivity index is 1.68. The highest BCUT2D eigenvalue weighted by atomic mass is 35.5. The van der Waals surface area contributed by atoms with Crippen molar-refractivity contribution in [1.82, 2.24) is 10.4 Å². The Hall–Kier alpha value is -3.09. The predicted octanol–water partition coefficient (Wildman–Crippen LogP) is 5.13. The molecule has 0 aliphatic heterocycles. The number of amides is 1. The van der Waals surface area contributed by atoms with Crippen molar-refractivity contribution in [3.05, 3.63) is 87.7 Å². The molecule has 0 saturated carbocycles. The van der Waals surface area contributed by atoms with E-state index in [-0.39, 0.29) is 10.7 Å². The van der Waals surface area contributed by atoms with Gasteiger partial charge in [0.25, 0.3) is 5.91 Å². The van der Waals surface area contributed by atoms with Crippen molar-refractivity contribution in [2.45, 2.75) is 13.5 Å². The number of halogens is 2. The first kappa shape index (κ1) is 21.6. The summed E-state index contributed by atoms with van der Waals surface area (Å²) in [6.07, 6.45) is 3.01. The Morgan fingerprint density at radius 2 is 1.93 bits per heavy atom. The van der Waals surface area contributed by atoms with Gasteiger partial charge in [-0.1, -0.05) is 41.4 Å². The summed E-state index contributed by atoms with van der Waals surface area (Å²) in [6, 6.07) is 16.0. The molecule has 6 nitrogen and oxygen atoms in total. The molecule has 1 aromatic heterocycles. The van der Waals surface area contributed by atoms with E-state index >= 15 is 0 Å². The summed E-state index contributed by atoms with van der Waals surface area (Å²) in [7, 11) is 0. The second-order valence-corrected chi connectivity index (χ2v) is 6.83. The van der Waals surface area contributed by atoms with Gasteiger partial charge in [0.2, 0.25) is 0 Å². The third kappa shape index (κ3) is 5.72. The van der Waals surface area contributed by atoms with E-state index in [2.05, 4.69) is 15.5 Å². The van der Waals surface area contributed by atoms with Crippen molar-refractivity contribution in [2.75, 3.05) is 6.61 Å². The zero-order chi connectivity index (χ0) is 21.3. The van der Waals surface area contributed by atoms with Crippen LogP contribution in [0.5, 0.6) is 11.5 Å². The molecule has 30 heavy (non-hydrogen) atoms. The summed E-state index contributed by atoms with van der Waals surface area (Å²) in [5.41, 5.74) is 4.27. The molecule has 1 N–H and O–H groups in total. The normalized spacial score (nSPS) is 10.8. The van der Waals surface area contributed by atoms with Crippen molar-refractivity contribution in [2.24, 2.45) is 5.10 Å². The minimum absolute atomic E-state index is 0.115. The van der Waals surface area contributed by atoms with Crippen LogP contribution in [-0.2, 0) is 6.61 Å². The van der Waals surface area contributed by atoms with E-state index in [1.807, 2.05) is 31.2 Å². The molecule has 0 unspecified atom stereocenters. The molecule has 0 atom stereocenters. The van der Waals surface area contributed by atoms with E-state index < -0.39 is 5.91 Å². The van der Waals surface area contributed by atoms with Gasteiger partial charge in [0.05, 0.1) is 18.4 Å². The summed E-state index contributed by atoms with van der Waals surface area (Å²) in [5.74, 6) is 0.698. The largest absolute Gasteiger partial charge is 0.490 e. The fourth-order valence-electron chi connectivity index (χ4n) is 2.54. The number of ether oxygens (including phenoxy) is 2. The number of nitrogens with one attached hydrogen (secondary N) is 1. The lowest BCUT2D eigenvalue weighted by Gasteiger charge is -2.13. The highest BCUT2D eigenvalue weighted by Crippen LogP contribution is 2.29. The molecule has 0 saturated heterocycles. The van der Waals surface area contributed by atoms with Crippen molar-refractivity contribution in [1.29, 1.82) is 0 Å². The molecule has 154 valence electrons. The minimum Gasteiger partial charge on any atom is -0.490 e. The van der Waals surface area contributed by atoms with Crippen molar-refractivity contribution in [3.63, 3.8) is 0 Å². The average molecular weight is 444 g/mol. The van der Waals surface area contributed by atoms with Crippen LogP contribution >= 0.6 is 23.2 Å². The van der Waals surface area contributed by atoms with E-state index in [0.29, 0.717) is 29.7 Å². The summed E-state index contributed by atoms with van der Waals surface area (Å²) in [4.78, 5) is 16.0. The molecule has 0 fully saturated rings. The SMILES string of the molecule is CCOc1cc(/C=N/NC(=O)c2cccnc2Cl)ccc1OCc1ccccc1Cl. The molecule has 0 bridgehead atoms. The lowest BCUT2D eigenvalue weighted by Crippen LogP contribution is -2.18. The Morgan fingerprint density at radius 1 is 1.10 bits per heavy atom. The molecule has 3 aromatic rings. The molecule has 0 radical (unpaired) electrons. The third-order valence-electron chi connectivity index (χ3n) is 3.99. The van der Waals surface area contributed by atoms with E-state index in [4.69, 9.17) is 32.7 Å². The summed E-state index contributed by atoms with van der Waals surface area (Å²) >= 11 is 12.1. The van der Waals surface area contributed by atoms with Crippen LogP contribution in [0, 0.1) is 0 Å². The maximum absolute atomic E-state index is 12.1. The van der Waals surface area contributed by atoms with Crippen LogP contribution in [0.3, 0.4) is 0 Å². The van der Waals surface area contributed by atoms with Crippen LogP contribution in [0.2, 0.25) is 10.2 Å². The number of hydrazone groups is 1. The van der Waals surface area contributed by atoms with E-state index in [1.165, 1.54) is 12.4 Å². The van der Waals surface area contributed by atoms with Gasteiger partial charge in [0.15, 0.2) is 11.5 Å². The highest BCUT2D eigenvalue weighted by molar-refractivity contribution is 6.32. The molecule has 3 rings (SSSR count). The van der Waals surface area contributed by atoms with Gasteiger partial charge in [-0.3, -0.25) is 4.79 Å². The number of carbonyl (C=O) groups is 1. The van der Waals surface area contributed by atoms with Crippen molar-refractivity contribution in [3.8, 4) is 11.5 Å². The molecule has 1 heterocycles. The number of carbonyl (C=O) groups excluding carboxylic acids is 1. The first-order chi connectivity index (χ1) is 14.6. The second kappa shape index (κ2) is 10.6. The lowest BCUT2D eigenvalue weighted by atomic mass is 10.2. The first-order valence-electron chi connectivity index (χ1n) is 9.15. The number of hydrogen-bond acceptors (Lipinski definition) is 5. The monoisotopic (exact) mass is 443 g/mol. The van der Waals surface area contributed by atoms with Crippen LogP contribution < -0.4 is 14.9 Å². The van der Waals surface area contributed by atoms with E-state index in [0.717, 1.165) is 11.1 Å². The molecule has 0 aliphatic rings. The van der Waals surface area contributed by atoms with Crippen LogP contribution in [0.1, 0.15) is 28.4 Å². The number of aromatic nitrogens is 1. The number of rotatable bonds is 8. The fraction of sp³-hybridized carbons (Fsp3) is 0.136. The van der Waals surface area contributed by atoms with Gasteiger partial charge in [-0.15, -0.1) is 0 Å². The third-order valence-corrected chi connectivity index (χ3v) is 4.66. The predicted molar refractivity (Wildman–Crippen MR) is 118 cm³/mol. The number of benzene rings is 2. The average Bonchev–Trinajstić information content (AvgIpc) is 2.74. The topological polar surface area (TPSA) is 72.8 Å². The smallest absolute Gasteiger partial charge is 0.274 e.